The average molecular weight is 265 g/mol. The van der Waals surface area contributed by atoms with Crippen LogP contribution in [-0.4, -0.2) is 18.8 Å². The number of rotatable bonds is 5. The number of hydrogen-bond acceptors (Lipinski definition) is 2. The van der Waals surface area contributed by atoms with E-state index in [1.807, 2.05) is 30.3 Å². The van der Waals surface area contributed by atoms with Crippen molar-refractivity contribution in [1.82, 2.24) is 5.32 Å². The zero-order chi connectivity index (χ0) is 13.5. The van der Waals surface area contributed by atoms with Gasteiger partial charge in [0.2, 0.25) is 0 Å². The van der Waals surface area contributed by atoms with Gasteiger partial charge in [0.15, 0.2) is 0 Å². The Kier molecular flexibility index (Phi) is 5.19. The highest BCUT2D eigenvalue weighted by Crippen LogP contribution is 2.29. The van der Waals surface area contributed by atoms with Gasteiger partial charge in [-0.05, 0) is 37.2 Å². The lowest BCUT2D eigenvalue weighted by molar-refractivity contribution is 0.139. The number of alkyl carbamates (subject to hydrolysis) is 1. The van der Waals surface area contributed by atoms with Crippen LogP contribution in [0.2, 0.25) is 0 Å². The average Bonchev–Trinajstić information content (AvgIpc) is 2.83. The Morgan fingerprint density at radius 3 is 2.79 bits per heavy atom. The first kappa shape index (κ1) is 13.8. The Hall–Kier alpha value is -1.58. The fourth-order valence-electron chi connectivity index (χ4n) is 2.43. The fraction of sp³-hybridized carbons (Fsp3) is 0.533. The fourth-order valence-corrected chi connectivity index (χ4v) is 2.43. The van der Waals surface area contributed by atoms with E-state index < -0.39 is 12.3 Å². The molecule has 1 aromatic rings. The zero-order valence-corrected chi connectivity index (χ0v) is 11.0. The first-order valence-electron chi connectivity index (χ1n) is 6.82. The summed E-state index contributed by atoms with van der Waals surface area (Å²) in [5, 5.41) is 2.71. The van der Waals surface area contributed by atoms with Gasteiger partial charge in [-0.15, -0.1) is 0 Å². The minimum absolute atomic E-state index is 0.280. The lowest BCUT2D eigenvalue weighted by Gasteiger charge is -2.10. The molecule has 0 heterocycles. The molecular formula is C15H20FNO2. The van der Waals surface area contributed by atoms with Crippen LogP contribution in [0.15, 0.2) is 30.3 Å². The van der Waals surface area contributed by atoms with Crippen molar-refractivity contribution in [3.8, 4) is 0 Å². The van der Waals surface area contributed by atoms with Crippen LogP contribution in [-0.2, 0) is 11.3 Å². The van der Waals surface area contributed by atoms with Crippen molar-refractivity contribution in [2.24, 2.45) is 5.92 Å². The summed E-state index contributed by atoms with van der Waals surface area (Å²) in [4.78, 5) is 11.4. The quantitative estimate of drug-likeness (QED) is 0.885. The van der Waals surface area contributed by atoms with Gasteiger partial charge in [0.25, 0.3) is 0 Å². The molecule has 1 saturated carbocycles. The zero-order valence-electron chi connectivity index (χ0n) is 11.0. The Morgan fingerprint density at radius 1 is 1.32 bits per heavy atom. The number of carbonyl (C=O) groups excluding carboxylic acids is 1. The first-order chi connectivity index (χ1) is 9.24. The Balaban J connectivity index is 1.57. The lowest BCUT2D eigenvalue weighted by atomic mass is 10.0. The molecular weight excluding hydrogens is 245 g/mol. The molecule has 0 aromatic heterocycles. The lowest BCUT2D eigenvalue weighted by Crippen LogP contribution is -2.26. The predicted molar refractivity (Wildman–Crippen MR) is 71.5 cm³/mol. The molecule has 1 N–H and O–H groups in total. The number of amides is 1. The normalized spacial score (nSPS) is 22.2. The van der Waals surface area contributed by atoms with Crippen molar-refractivity contribution < 1.29 is 13.9 Å². The third-order valence-electron chi connectivity index (χ3n) is 3.51. The summed E-state index contributed by atoms with van der Waals surface area (Å²) in [6.07, 6.45) is 2.03. The van der Waals surface area contributed by atoms with E-state index in [0.29, 0.717) is 25.3 Å². The maximum absolute atomic E-state index is 13.0. The summed E-state index contributed by atoms with van der Waals surface area (Å²) in [5.41, 5.74) is 0.966. The number of ether oxygens (including phenoxy) is 1. The highest BCUT2D eigenvalue weighted by atomic mass is 19.1. The number of halogens is 1. The Morgan fingerprint density at radius 2 is 2.11 bits per heavy atom. The summed E-state index contributed by atoms with van der Waals surface area (Å²) >= 11 is 0. The molecule has 2 rings (SSSR count). The van der Waals surface area contributed by atoms with Crippen molar-refractivity contribution in [3.05, 3.63) is 35.9 Å². The molecule has 104 valence electrons. The van der Waals surface area contributed by atoms with Crippen LogP contribution < -0.4 is 5.32 Å². The molecule has 0 saturated heterocycles. The minimum Gasteiger partial charge on any atom is -0.445 e. The van der Waals surface area contributed by atoms with Gasteiger partial charge in [-0.2, -0.15) is 0 Å². The standard InChI is InChI=1S/C15H20FNO2/c16-14-7-6-12(10-14)8-9-17-15(18)19-11-13-4-2-1-3-5-13/h1-5,12,14H,6-11H2,(H,17,18). The highest BCUT2D eigenvalue weighted by molar-refractivity contribution is 5.67. The van der Waals surface area contributed by atoms with E-state index in [-0.39, 0.29) is 6.61 Å². The second kappa shape index (κ2) is 7.12. The van der Waals surface area contributed by atoms with Crippen LogP contribution in [0.25, 0.3) is 0 Å². The number of carbonyl (C=O) groups is 1. The molecule has 1 aromatic carbocycles. The van der Waals surface area contributed by atoms with E-state index in [1.54, 1.807) is 0 Å². The van der Waals surface area contributed by atoms with Crippen LogP contribution in [0, 0.1) is 5.92 Å². The third-order valence-corrected chi connectivity index (χ3v) is 3.51. The molecule has 1 aliphatic rings. The predicted octanol–water partition coefficient (Wildman–Crippen LogP) is 3.44. The molecule has 1 amide bonds. The third kappa shape index (κ3) is 4.89. The highest BCUT2D eigenvalue weighted by Gasteiger charge is 2.23. The van der Waals surface area contributed by atoms with Crippen molar-refractivity contribution in [2.75, 3.05) is 6.54 Å². The molecule has 3 nitrogen and oxygen atoms in total. The van der Waals surface area contributed by atoms with Crippen molar-refractivity contribution >= 4 is 6.09 Å². The SMILES string of the molecule is O=C(NCCC1CCC(F)C1)OCc1ccccc1. The van der Waals surface area contributed by atoms with E-state index in [2.05, 4.69) is 5.32 Å². The van der Waals surface area contributed by atoms with Gasteiger partial charge in [0.05, 0.1) is 0 Å². The summed E-state index contributed by atoms with van der Waals surface area (Å²) in [6, 6.07) is 9.55. The summed E-state index contributed by atoms with van der Waals surface area (Å²) in [6.45, 7) is 0.841. The molecule has 1 aliphatic carbocycles. The van der Waals surface area contributed by atoms with Gasteiger partial charge in [0.1, 0.15) is 12.8 Å². The molecule has 0 bridgehead atoms. The molecule has 0 spiro atoms. The Labute approximate surface area is 113 Å². The van der Waals surface area contributed by atoms with Crippen LogP contribution in [0.3, 0.4) is 0 Å². The van der Waals surface area contributed by atoms with Crippen molar-refractivity contribution in [2.45, 2.75) is 38.5 Å². The van der Waals surface area contributed by atoms with E-state index in [4.69, 9.17) is 4.74 Å². The molecule has 0 aliphatic heterocycles. The maximum Gasteiger partial charge on any atom is 0.407 e. The summed E-state index contributed by atoms with van der Waals surface area (Å²) < 4.78 is 18.0. The van der Waals surface area contributed by atoms with E-state index >= 15 is 0 Å². The smallest absolute Gasteiger partial charge is 0.407 e. The second-order valence-corrected chi connectivity index (χ2v) is 5.05. The van der Waals surface area contributed by atoms with Gasteiger partial charge < -0.3 is 10.1 Å². The minimum atomic E-state index is -0.643. The van der Waals surface area contributed by atoms with E-state index in [9.17, 15) is 9.18 Å². The number of benzene rings is 1. The van der Waals surface area contributed by atoms with Crippen LogP contribution in [0.4, 0.5) is 9.18 Å². The second-order valence-electron chi connectivity index (χ2n) is 5.05. The Bertz CT molecular complexity index is 396. The van der Waals surface area contributed by atoms with Crippen LogP contribution in [0.1, 0.15) is 31.2 Å². The van der Waals surface area contributed by atoms with Gasteiger partial charge in [-0.25, -0.2) is 9.18 Å². The molecule has 19 heavy (non-hydrogen) atoms. The van der Waals surface area contributed by atoms with Gasteiger partial charge >= 0.3 is 6.09 Å². The van der Waals surface area contributed by atoms with Crippen LogP contribution in [0.5, 0.6) is 0 Å². The topological polar surface area (TPSA) is 38.3 Å². The summed E-state index contributed by atoms with van der Waals surface area (Å²) in [7, 11) is 0. The largest absolute Gasteiger partial charge is 0.445 e. The first-order valence-corrected chi connectivity index (χ1v) is 6.82. The van der Waals surface area contributed by atoms with Gasteiger partial charge in [0, 0.05) is 6.54 Å². The molecule has 1 fully saturated rings. The van der Waals surface area contributed by atoms with Gasteiger partial charge in [-0.3, -0.25) is 0 Å². The van der Waals surface area contributed by atoms with Crippen molar-refractivity contribution in [3.63, 3.8) is 0 Å². The monoisotopic (exact) mass is 265 g/mol. The number of nitrogens with one attached hydrogen (secondary N) is 1. The van der Waals surface area contributed by atoms with E-state index in [1.165, 1.54) is 0 Å². The molecule has 2 unspecified atom stereocenters. The number of hydrogen-bond donors (Lipinski definition) is 1. The van der Waals surface area contributed by atoms with E-state index in [0.717, 1.165) is 18.4 Å². The number of alkyl halides is 1. The van der Waals surface area contributed by atoms with Gasteiger partial charge in [-0.1, -0.05) is 30.3 Å². The molecule has 4 heteroatoms. The molecule has 2 atom stereocenters. The summed E-state index contributed by atoms with van der Waals surface area (Å²) in [5.74, 6) is 0.407. The van der Waals surface area contributed by atoms with Crippen LogP contribution >= 0.6 is 0 Å². The maximum atomic E-state index is 13.0. The van der Waals surface area contributed by atoms with Crippen molar-refractivity contribution in [1.29, 1.82) is 0 Å². The molecule has 0 radical (unpaired) electrons.